The van der Waals surface area contributed by atoms with Gasteiger partial charge < -0.3 is 4.90 Å². The van der Waals surface area contributed by atoms with Crippen molar-refractivity contribution in [3.05, 3.63) is 0 Å². The lowest BCUT2D eigenvalue weighted by Gasteiger charge is -2.36. The number of carbonyl (C=O) groups is 1. The Bertz CT molecular complexity index is 240. The van der Waals surface area contributed by atoms with E-state index in [2.05, 4.69) is 0 Å². The second-order valence-corrected chi connectivity index (χ2v) is 5.34. The maximum absolute atomic E-state index is 13.9. The molecule has 0 aromatic rings. The molecule has 2 nitrogen and oxygen atoms in total. The van der Waals surface area contributed by atoms with Gasteiger partial charge in [0.15, 0.2) is 0 Å². The minimum atomic E-state index is -0.904. The third-order valence-corrected chi connectivity index (χ3v) is 4.09. The molecule has 0 spiro atoms. The van der Waals surface area contributed by atoms with Crippen LogP contribution < -0.4 is 0 Å². The first-order chi connectivity index (χ1) is 7.70. The standard InChI is InChI=1S/C13H22FNO/c1-10-6-5-7-11(14)12(10)13(16)15-8-3-2-4-9-15/h10-12H,2-9H2,1H3. The fourth-order valence-corrected chi connectivity index (χ4v) is 3.07. The molecule has 92 valence electrons. The van der Waals surface area contributed by atoms with E-state index >= 15 is 0 Å². The van der Waals surface area contributed by atoms with E-state index in [1.807, 2.05) is 11.8 Å². The molecule has 0 bridgehead atoms. The summed E-state index contributed by atoms with van der Waals surface area (Å²) in [7, 11) is 0. The van der Waals surface area contributed by atoms with E-state index in [0.717, 1.165) is 38.8 Å². The summed E-state index contributed by atoms with van der Waals surface area (Å²) in [5.74, 6) is -0.0515. The molecular formula is C13H22FNO. The lowest BCUT2D eigenvalue weighted by molar-refractivity contribution is -0.142. The molecule has 0 aromatic carbocycles. The fourth-order valence-electron chi connectivity index (χ4n) is 3.07. The van der Waals surface area contributed by atoms with Gasteiger partial charge in [-0.15, -0.1) is 0 Å². The van der Waals surface area contributed by atoms with Gasteiger partial charge in [0.2, 0.25) is 5.91 Å². The van der Waals surface area contributed by atoms with Crippen LogP contribution in [-0.2, 0) is 4.79 Å². The summed E-state index contributed by atoms with van der Waals surface area (Å²) >= 11 is 0. The fraction of sp³-hybridized carbons (Fsp3) is 0.923. The van der Waals surface area contributed by atoms with Gasteiger partial charge in [-0.1, -0.05) is 13.3 Å². The topological polar surface area (TPSA) is 20.3 Å². The molecule has 3 heteroatoms. The van der Waals surface area contributed by atoms with Crippen LogP contribution >= 0.6 is 0 Å². The van der Waals surface area contributed by atoms with Crippen molar-refractivity contribution < 1.29 is 9.18 Å². The van der Waals surface area contributed by atoms with E-state index in [1.54, 1.807) is 0 Å². The van der Waals surface area contributed by atoms with E-state index < -0.39 is 6.17 Å². The van der Waals surface area contributed by atoms with Gasteiger partial charge in [0.1, 0.15) is 6.17 Å². The van der Waals surface area contributed by atoms with Gasteiger partial charge in [-0.25, -0.2) is 4.39 Å². The number of rotatable bonds is 1. The quantitative estimate of drug-likeness (QED) is 0.674. The van der Waals surface area contributed by atoms with Crippen LogP contribution in [0.5, 0.6) is 0 Å². The van der Waals surface area contributed by atoms with Gasteiger partial charge in [-0.05, 0) is 38.0 Å². The van der Waals surface area contributed by atoms with Gasteiger partial charge in [0.25, 0.3) is 0 Å². The summed E-state index contributed by atoms with van der Waals surface area (Å²) in [5, 5.41) is 0. The van der Waals surface area contributed by atoms with Gasteiger partial charge in [0, 0.05) is 13.1 Å². The number of hydrogen-bond acceptors (Lipinski definition) is 1. The highest BCUT2D eigenvalue weighted by Gasteiger charge is 2.38. The molecule has 3 unspecified atom stereocenters. The van der Waals surface area contributed by atoms with Gasteiger partial charge in [-0.3, -0.25) is 4.79 Å². The molecule has 0 radical (unpaired) electrons. The Morgan fingerprint density at radius 1 is 1.12 bits per heavy atom. The van der Waals surface area contributed by atoms with E-state index in [9.17, 15) is 9.18 Å². The van der Waals surface area contributed by atoms with Gasteiger partial charge in [0.05, 0.1) is 5.92 Å². The molecule has 1 saturated heterocycles. The van der Waals surface area contributed by atoms with Crippen molar-refractivity contribution in [1.29, 1.82) is 0 Å². The number of carbonyl (C=O) groups excluding carboxylic acids is 1. The highest BCUT2D eigenvalue weighted by atomic mass is 19.1. The van der Waals surface area contributed by atoms with Crippen LogP contribution in [0.1, 0.15) is 45.4 Å². The van der Waals surface area contributed by atoms with Crippen LogP contribution in [0.15, 0.2) is 0 Å². The number of likely N-dealkylation sites (tertiary alicyclic amines) is 1. The third-order valence-electron chi connectivity index (χ3n) is 4.09. The zero-order valence-corrected chi connectivity index (χ0v) is 10.1. The maximum Gasteiger partial charge on any atom is 0.228 e. The van der Waals surface area contributed by atoms with Crippen molar-refractivity contribution in [1.82, 2.24) is 4.90 Å². The summed E-state index contributed by atoms with van der Waals surface area (Å²) in [6.07, 6.45) is 5.00. The molecule has 2 fully saturated rings. The van der Waals surface area contributed by atoms with Gasteiger partial charge in [-0.2, -0.15) is 0 Å². The molecule has 0 aromatic heterocycles. The molecule has 2 rings (SSSR count). The largest absolute Gasteiger partial charge is 0.342 e. The summed E-state index contributed by atoms with van der Waals surface area (Å²) < 4.78 is 13.9. The minimum Gasteiger partial charge on any atom is -0.342 e. The number of halogens is 1. The Morgan fingerprint density at radius 2 is 1.81 bits per heavy atom. The third kappa shape index (κ3) is 2.38. The number of amides is 1. The number of alkyl halides is 1. The van der Waals surface area contributed by atoms with E-state index in [4.69, 9.17) is 0 Å². The Labute approximate surface area is 97.2 Å². The second kappa shape index (κ2) is 5.15. The van der Waals surface area contributed by atoms with Crippen molar-refractivity contribution in [3.63, 3.8) is 0 Å². The van der Waals surface area contributed by atoms with Crippen molar-refractivity contribution in [2.45, 2.75) is 51.6 Å². The predicted molar refractivity (Wildman–Crippen MR) is 61.8 cm³/mol. The molecule has 1 heterocycles. The van der Waals surface area contributed by atoms with Gasteiger partial charge >= 0.3 is 0 Å². The maximum atomic E-state index is 13.9. The van der Waals surface area contributed by atoms with E-state index in [0.29, 0.717) is 6.42 Å². The highest BCUT2D eigenvalue weighted by Crippen LogP contribution is 2.33. The summed E-state index contributed by atoms with van der Waals surface area (Å²) in [6, 6.07) is 0. The number of nitrogens with zero attached hydrogens (tertiary/aromatic N) is 1. The van der Waals surface area contributed by atoms with Crippen molar-refractivity contribution in [2.24, 2.45) is 11.8 Å². The minimum absolute atomic E-state index is 0.0828. The first kappa shape index (κ1) is 11.9. The zero-order valence-electron chi connectivity index (χ0n) is 10.1. The average molecular weight is 227 g/mol. The Hall–Kier alpha value is -0.600. The predicted octanol–water partition coefficient (Wildman–Crippen LogP) is 2.77. The Balaban J connectivity index is 2.00. The summed E-state index contributed by atoms with van der Waals surface area (Å²) in [5.41, 5.74) is 0. The van der Waals surface area contributed by atoms with Crippen LogP contribution in [-0.4, -0.2) is 30.1 Å². The summed E-state index contributed by atoms with van der Waals surface area (Å²) in [6.45, 7) is 3.71. The molecule has 0 N–H and O–H groups in total. The van der Waals surface area contributed by atoms with Crippen LogP contribution in [0, 0.1) is 11.8 Å². The monoisotopic (exact) mass is 227 g/mol. The molecule has 1 aliphatic heterocycles. The number of hydrogen-bond donors (Lipinski definition) is 0. The SMILES string of the molecule is CC1CCCC(F)C1C(=O)N1CCCCC1. The number of piperidine rings is 1. The zero-order chi connectivity index (χ0) is 11.5. The van der Waals surface area contributed by atoms with Crippen LogP contribution in [0.25, 0.3) is 0 Å². The average Bonchev–Trinajstić information content (AvgIpc) is 2.30. The van der Waals surface area contributed by atoms with Crippen LogP contribution in [0.3, 0.4) is 0 Å². The second-order valence-electron chi connectivity index (χ2n) is 5.34. The van der Waals surface area contributed by atoms with Crippen molar-refractivity contribution >= 4 is 5.91 Å². The Morgan fingerprint density at radius 3 is 2.44 bits per heavy atom. The molecule has 1 saturated carbocycles. The molecule has 1 aliphatic carbocycles. The highest BCUT2D eigenvalue weighted by molar-refractivity contribution is 5.80. The van der Waals surface area contributed by atoms with Crippen LogP contribution in [0.2, 0.25) is 0 Å². The normalized spacial score (nSPS) is 36.1. The molecule has 1 amide bonds. The molecule has 16 heavy (non-hydrogen) atoms. The lowest BCUT2D eigenvalue weighted by atomic mass is 9.78. The summed E-state index contributed by atoms with van der Waals surface area (Å²) in [4.78, 5) is 14.2. The lowest BCUT2D eigenvalue weighted by Crippen LogP contribution is -2.46. The Kier molecular flexibility index (Phi) is 3.82. The molecular weight excluding hydrogens is 205 g/mol. The van der Waals surface area contributed by atoms with Crippen molar-refractivity contribution in [2.75, 3.05) is 13.1 Å². The first-order valence-corrected chi connectivity index (χ1v) is 6.63. The molecule has 3 atom stereocenters. The smallest absolute Gasteiger partial charge is 0.228 e. The molecule has 2 aliphatic rings. The van der Waals surface area contributed by atoms with Crippen molar-refractivity contribution in [3.8, 4) is 0 Å². The first-order valence-electron chi connectivity index (χ1n) is 6.63. The van der Waals surface area contributed by atoms with E-state index in [-0.39, 0.29) is 17.7 Å². The van der Waals surface area contributed by atoms with Crippen LogP contribution in [0.4, 0.5) is 4.39 Å². The van der Waals surface area contributed by atoms with E-state index in [1.165, 1.54) is 6.42 Å².